The number of nitrogens with one attached hydrogen (secondary N) is 2. The number of aryl methyl sites for hydroxylation is 1. The molecule has 11 heteroatoms. The normalized spacial score (nSPS) is 23.6. The number of esters is 1. The van der Waals surface area contributed by atoms with E-state index in [0.717, 1.165) is 76.3 Å². The van der Waals surface area contributed by atoms with Gasteiger partial charge in [-0.15, -0.1) is 11.3 Å². The van der Waals surface area contributed by atoms with Crippen LogP contribution >= 0.6 is 11.3 Å². The van der Waals surface area contributed by atoms with Crippen LogP contribution in [-0.2, 0) is 38.4 Å². The van der Waals surface area contributed by atoms with E-state index in [1.807, 2.05) is 0 Å². The second kappa shape index (κ2) is 20.1. The molecule has 4 aromatic rings. The van der Waals surface area contributed by atoms with Gasteiger partial charge in [0.1, 0.15) is 6.04 Å². The first-order valence-electron chi connectivity index (χ1n) is 22.0. The molecule has 1 saturated carbocycles. The van der Waals surface area contributed by atoms with Crippen molar-refractivity contribution in [3.63, 3.8) is 0 Å². The number of fused-ring (bicyclic) bond motifs is 4. The SMILES string of the molecule is C=C1CCCCC(c2cnc([C@H](C)OC)c(-c3c4c5cc(ccc5n3CC)-c3csc(n3)C[C@H](N)C(=O)NCCC[C@H](NC)C(=O)OCC(C)(C)C4)c2)C[C@H](C)CCC1. The number of rotatable bonds is 6. The maximum Gasteiger partial charge on any atom is 0.323 e. The van der Waals surface area contributed by atoms with Gasteiger partial charge in [-0.25, -0.2) is 4.98 Å². The number of likely N-dealkylation sites (N-methyl/N-ethyl adjacent to an activating group) is 1. The monoisotopic (exact) mass is 825 g/mol. The third-order valence-electron chi connectivity index (χ3n) is 12.6. The van der Waals surface area contributed by atoms with Gasteiger partial charge >= 0.3 is 5.97 Å². The quantitative estimate of drug-likeness (QED) is 0.129. The van der Waals surface area contributed by atoms with E-state index in [4.69, 9.17) is 25.2 Å². The number of benzene rings is 1. The maximum absolute atomic E-state index is 13.5. The average molecular weight is 825 g/mol. The van der Waals surface area contributed by atoms with E-state index in [1.165, 1.54) is 53.7 Å². The molecule has 4 bridgehead atoms. The summed E-state index contributed by atoms with van der Waals surface area (Å²) in [6, 6.07) is 7.84. The lowest BCUT2D eigenvalue weighted by Crippen LogP contribution is -2.43. The summed E-state index contributed by atoms with van der Waals surface area (Å²) in [7, 11) is 3.53. The number of allylic oxidation sites excluding steroid dienone is 1. The Hall–Kier alpha value is -3.90. The molecule has 3 aromatic heterocycles. The predicted molar refractivity (Wildman–Crippen MR) is 241 cm³/mol. The first kappa shape index (κ1) is 44.6. The van der Waals surface area contributed by atoms with Crippen molar-refractivity contribution in [2.75, 3.05) is 27.3 Å². The molecule has 320 valence electrons. The number of methoxy groups -OCH3 is 1. The lowest BCUT2D eigenvalue weighted by Gasteiger charge is -2.27. The fourth-order valence-corrected chi connectivity index (χ4v) is 9.96. The third-order valence-corrected chi connectivity index (χ3v) is 13.4. The number of amides is 1. The Bertz CT molecular complexity index is 2090. The number of thiazole rings is 1. The Kier molecular flexibility index (Phi) is 15.2. The van der Waals surface area contributed by atoms with Crippen molar-refractivity contribution >= 4 is 34.1 Å². The summed E-state index contributed by atoms with van der Waals surface area (Å²) in [5, 5.41) is 10.1. The van der Waals surface area contributed by atoms with Crippen molar-refractivity contribution in [3.8, 4) is 22.5 Å². The van der Waals surface area contributed by atoms with Crippen LogP contribution < -0.4 is 16.4 Å². The molecule has 59 heavy (non-hydrogen) atoms. The molecule has 1 unspecified atom stereocenters. The molecule has 4 N–H and O–H groups in total. The van der Waals surface area contributed by atoms with Crippen LogP contribution in [0.2, 0.25) is 0 Å². The van der Waals surface area contributed by atoms with Gasteiger partial charge in [-0.1, -0.05) is 51.8 Å². The molecule has 1 aromatic carbocycles. The van der Waals surface area contributed by atoms with Crippen LogP contribution in [0.25, 0.3) is 33.4 Å². The number of ether oxygens (including phenoxy) is 2. The summed E-state index contributed by atoms with van der Waals surface area (Å²) in [4.78, 5) is 36.7. The molecule has 1 aliphatic carbocycles. The number of aromatic nitrogens is 3. The Morgan fingerprint density at radius 3 is 2.69 bits per heavy atom. The summed E-state index contributed by atoms with van der Waals surface area (Å²) < 4.78 is 14.6. The van der Waals surface area contributed by atoms with Gasteiger partial charge in [0.2, 0.25) is 5.91 Å². The van der Waals surface area contributed by atoms with Crippen molar-refractivity contribution in [1.82, 2.24) is 25.2 Å². The number of carbonyl (C=O) groups is 2. The van der Waals surface area contributed by atoms with Gasteiger partial charge < -0.3 is 30.4 Å². The van der Waals surface area contributed by atoms with E-state index in [1.54, 1.807) is 14.2 Å². The fraction of sp³-hybridized carbons (Fsp3) is 0.583. The number of hydrogen-bond acceptors (Lipinski definition) is 9. The largest absolute Gasteiger partial charge is 0.464 e. The van der Waals surface area contributed by atoms with Gasteiger partial charge in [-0.3, -0.25) is 14.6 Å². The minimum Gasteiger partial charge on any atom is -0.464 e. The summed E-state index contributed by atoms with van der Waals surface area (Å²) >= 11 is 1.53. The Labute approximate surface area is 356 Å². The Morgan fingerprint density at radius 2 is 1.93 bits per heavy atom. The van der Waals surface area contributed by atoms with Crippen LogP contribution in [0.4, 0.5) is 0 Å². The van der Waals surface area contributed by atoms with Gasteiger partial charge in [0.25, 0.3) is 0 Å². The number of hydrogen-bond donors (Lipinski definition) is 3. The van der Waals surface area contributed by atoms with E-state index < -0.39 is 17.5 Å². The number of pyridine rings is 1. The molecule has 0 radical (unpaired) electrons. The molecule has 1 aliphatic heterocycles. The maximum atomic E-state index is 13.5. The molecule has 10 nitrogen and oxygen atoms in total. The first-order valence-corrected chi connectivity index (χ1v) is 22.9. The smallest absolute Gasteiger partial charge is 0.323 e. The standard InChI is InChI=1S/C48H68N6O4S/c1-9-54-42-20-19-34-23-36(42)38(26-48(5,6)29-58-47(56)40(50-7)18-13-21-51-46(55)39(49)25-43-53-41(34)28-59-43)45(54)37-24-35(27-52-44(37)32(4)57-8)33-17-11-10-14-30(2)15-12-16-31(3)22-33/h19-20,23-24,27-28,31-33,39-40,50H,2,9-18,21-22,25-26,29,49H2,1,3-8H3,(H,51,55)/t31-,32+,33?,39+,40+/m1/s1. The molecule has 1 fully saturated rings. The summed E-state index contributed by atoms with van der Waals surface area (Å²) in [5.74, 6) is 0.496. The lowest BCUT2D eigenvalue weighted by molar-refractivity contribution is -0.149. The second-order valence-electron chi connectivity index (χ2n) is 18.0. The minimum absolute atomic E-state index is 0.224. The molecule has 5 atom stereocenters. The molecule has 4 heterocycles. The van der Waals surface area contributed by atoms with Gasteiger partial charge in [0.05, 0.1) is 40.8 Å². The highest BCUT2D eigenvalue weighted by atomic mass is 32.1. The van der Waals surface area contributed by atoms with Crippen LogP contribution in [0.1, 0.15) is 133 Å². The number of carbonyl (C=O) groups excluding carboxylic acids is 2. The van der Waals surface area contributed by atoms with E-state index in [2.05, 4.69) is 92.2 Å². The Morgan fingerprint density at radius 1 is 1.14 bits per heavy atom. The highest BCUT2D eigenvalue weighted by Gasteiger charge is 2.31. The second-order valence-corrected chi connectivity index (χ2v) is 18.9. The molecule has 2 aliphatic rings. The minimum atomic E-state index is -0.723. The topological polar surface area (TPSA) is 133 Å². The zero-order valence-electron chi connectivity index (χ0n) is 36.6. The van der Waals surface area contributed by atoms with Gasteiger partial charge in [-0.05, 0) is 120 Å². The highest BCUT2D eigenvalue weighted by molar-refractivity contribution is 7.10. The van der Waals surface area contributed by atoms with Crippen LogP contribution in [0.3, 0.4) is 0 Å². The summed E-state index contributed by atoms with van der Waals surface area (Å²) in [6.45, 7) is 16.9. The van der Waals surface area contributed by atoms with Crippen molar-refractivity contribution in [2.45, 2.75) is 142 Å². The highest BCUT2D eigenvalue weighted by Crippen LogP contribution is 2.44. The molecular formula is C48H68N6O4S. The van der Waals surface area contributed by atoms with Crippen LogP contribution in [0.15, 0.2) is 48.0 Å². The van der Waals surface area contributed by atoms with Crippen molar-refractivity contribution in [1.29, 1.82) is 0 Å². The van der Waals surface area contributed by atoms with Gasteiger partial charge in [0.15, 0.2) is 0 Å². The van der Waals surface area contributed by atoms with Gasteiger partial charge in [0, 0.05) is 65.6 Å². The summed E-state index contributed by atoms with van der Waals surface area (Å²) in [6.07, 6.45) is 13.3. The van der Waals surface area contributed by atoms with Crippen molar-refractivity contribution in [2.24, 2.45) is 17.1 Å². The molecule has 0 saturated heterocycles. The van der Waals surface area contributed by atoms with E-state index in [-0.39, 0.29) is 24.6 Å². The molecule has 0 spiro atoms. The number of nitrogens with two attached hydrogens (primary N) is 1. The number of nitrogens with zero attached hydrogens (tertiary/aromatic N) is 3. The lowest BCUT2D eigenvalue weighted by atomic mass is 9.82. The predicted octanol–water partition coefficient (Wildman–Crippen LogP) is 9.44. The molecule has 6 rings (SSSR count). The van der Waals surface area contributed by atoms with Crippen LogP contribution in [0.5, 0.6) is 0 Å². The van der Waals surface area contributed by atoms with Crippen molar-refractivity contribution in [3.05, 3.63) is 69.8 Å². The third kappa shape index (κ3) is 10.9. The summed E-state index contributed by atoms with van der Waals surface area (Å²) in [5.41, 5.74) is 16.0. The number of cyclic esters (lactones) is 1. The first-order chi connectivity index (χ1) is 28.3. The molecular weight excluding hydrogens is 757 g/mol. The zero-order valence-corrected chi connectivity index (χ0v) is 37.4. The van der Waals surface area contributed by atoms with E-state index in [9.17, 15) is 9.59 Å². The van der Waals surface area contributed by atoms with Gasteiger partial charge in [-0.2, -0.15) is 0 Å². The van der Waals surface area contributed by atoms with Crippen molar-refractivity contribution < 1.29 is 19.1 Å². The van der Waals surface area contributed by atoms with E-state index in [0.29, 0.717) is 44.1 Å². The zero-order chi connectivity index (χ0) is 42.3. The van der Waals surface area contributed by atoms with Crippen LogP contribution in [0, 0.1) is 11.3 Å². The van der Waals surface area contributed by atoms with E-state index >= 15 is 0 Å². The average Bonchev–Trinajstić information content (AvgIpc) is 3.80. The van der Waals surface area contributed by atoms with Crippen LogP contribution in [-0.4, -0.2) is 65.8 Å². The molecule has 1 amide bonds. The Balaban J connectivity index is 1.52. The fourth-order valence-electron chi connectivity index (χ4n) is 9.10.